The maximum absolute atomic E-state index is 11.8. The van der Waals surface area contributed by atoms with Crippen molar-refractivity contribution >= 4 is 5.91 Å². The Morgan fingerprint density at radius 3 is 2.68 bits per heavy atom. The van der Waals surface area contributed by atoms with Crippen LogP contribution in [0.1, 0.15) is 39.0 Å². The second-order valence-electron chi connectivity index (χ2n) is 5.37. The van der Waals surface area contributed by atoms with Crippen molar-refractivity contribution < 1.29 is 4.79 Å². The molecule has 2 N–H and O–H groups in total. The molecule has 108 valence electrons. The minimum Gasteiger partial charge on any atom is -0.354 e. The largest absolute Gasteiger partial charge is 0.354 e. The van der Waals surface area contributed by atoms with E-state index in [2.05, 4.69) is 36.5 Å². The third kappa shape index (κ3) is 5.03. The first-order valence-corrected chi connectivity index (χ1v) is 6.96. The summed E-state index contributed by atoms with van der Waals surface area (Å²) in [5, 5.41) is 10.6. The number of hydrogen-bond acceptors (Lipinski definition) is 3. The summed E-state index contributed by atoms with van der Waals surface area (Å²) in [4.78, 5) is 11.8. The normalized spacial score (nSPS) is 12.7. The van der Waals surface area contributed by atoms with E-state index in [1.165, 1.54) is 0 Å². The van der Waals surface area contributed by atoms with Gasteiger partial charge in [0.25, 0.3) is 0 Å². The number of amides is 1. The van der Waals surface area contributed by atoms with Crippen molar-refractivity contribution in [3.8, 4) is 0 Å². The highest BCUT2D eigenvalue weighted by Crippen LogP contribution is 2.07. The fourth-order valence-electron chi connectivity index (χ4n) is 1.84. The van der Waals surface area contributed by atoms with Crippen molar-refractivity contribution in [2.45, 2.75) is 46.7 Å². The summed E-state index contributed by atoms with van der Waals surface area (Å²) in [5.41, 5.74) is 2.25. The van der Waals surface area contributed by atoms with E-state index < -0.39 is 0 Å². The van der Waals surface area contributed by atoms with Gasteiger partial charge in [0.05, 0.1) is 11.7 Å². The second kappa shape index (κ2) is 7.28. The standard InChI is InChI=1S/C14H26N4O/c1-6-13-12(9-18(5)17-13)8-15-11(4)14(19)16-7-10(2)3/h9-11,15H,6-8H2,1-5H3,(H,16,19). The molecule has 1 heterocycles. The number of aromatic nitrogens is 2. The topological polar surface area (TPSA) is 59.0 Å². The average molecular weight is 266 g/mol. The summed E-state index contributed by atoms with van der Waals surface area (Å²) < 4.78 is 1.82. The van der Waals surface area contributed by atoms with Gasteiger partial charge in [-0.3, -0.25) is 9.48 Å². The zero-order chi connectivity index (χ0) is 14.4. The first-order chi connectivity index (χ1) is 8.93. The average Bonchev–Trinajstić information content (AvgIpc) is 2.73. The summed E-state index contributed by atoms with van der Waals surface area (Å²) in [7, 11) is 1.92. The van der Waals surface area contributed by atoms with Crippen LogP contribution in [0.3, 0.4) is 0 Å². The van der Waals surface area contributed by atoms with Crippen LogP contribution < -0.4 is 10.6 Å². The van der Waals surface area contributed by atoms with Gasteiger partial charge in [0.2, 0.25) is 5.91 Å². The molecular formula is C14H26N4O. The molecule has 0 spiro atoms. The summed E-state index contributed by atoms with van der Waals surface area (Å²) in [6, 6.07) is -0.191. The van der Waals surface area contributed by atoms with E-state index in [1.54, 1.807) is 0 Å². The van der Waals surface area contributed by atoms with Crippen molar-refractivity contribution in [2.24, 2.45) is 13.0 Å². The van der Waals surface area contributed by atoms with Gasteiger partial charge in [-0.05, 0) is 19.3 Å². The molecular weight excluding hydrogens is 240 g/mol. The molecule has 5 nitrogen and oxygen atoms in total. The van der Waals surface area contributed by atoms with Gasteiger partial charge in [-0.15, -0.1) is 0 Å². The van der Waals surface area contributed by atoms with Crippen LogP contribution in [-0.4, -0.2) is 28.3 Å². The Kier molecular flexibility index (Phi) is 6.02. The molecule has 1 aromatic rings. The van der Waals surface area contributed by atoms with Gasteiger partial charge in [0.1, 0.15) is 0 Å². The van der Waals surface area contributed by atoms with Crippen LogP contribution in [0.15, 0.2) is 6.20 Å². The monoisotopic (exact) mass is 266 g/mol. The maximum atomic E-state index is 11.8. The van der Waals surface area contributed by atoms with Gasteiger partial charge < -0.3 is 10.6 Å². The predicted molar refractivity (Wildman–Crippen MR) is 76.7 cm³/mol. The van der Waals surface area contributed by atoms with E-state index in [-0.39, 0.29) is 11.9 Å². The molecule has 1 amide bonds. The lowest BCUT2D eigenvalue weighted by Crippen LogP contribution is -2.43. The lowest BCUT2D eigenvalue weighted by molar-refractivity contribution is -0.122. The molecule has 0 aliphatic heterocycles. The Hall–Kier alpha value is -1.36. The first kappa shape index (κ1) is 15.7. The lowest BCUT2D eigenvalue weighted by atomic mass is 10.2. The number of carbonyl (C=O) groups is 1. The molecule has 0 aliphatic carbocycles. The molecule has 1 rings (SSSR count). The van der Waals surface area contributed by atoms with Gasteiger partial charge >= 0.3 is 0 Å². The fourth-order valence-corrected chi connectivity index (χ4v) is 1.84. The van der Waals surface area contributed by atoms with Gasteiger partial charge in [0, 0.05) is 31.9 Å². The number of rotatable bonds is 7. The molecule has 0 aromatic carbocycles. The van der Waals surface area contributed by atoms with Crippen LogP contribution in [0, 0.1) is 5.92 Å². The number of nitrogens with one attached hydrogen (secondary N) is 2. The predicted octanol–water partition coefficient (Wildman–Crippen LogP) is 1.23. The molecule has 0 bridgehead atoms. The van der Waals surface area contributed by atoms with Gasteiger partial charge in [-0.25, -0.2) is 0 Å². The van der Waals surface area contributed by atoms with Crippen LogP contribution in [0.4, 0.5) is 0 Å². The van der Waals surface area contributed by atoms with Gasteiger partial charge in [-0.1, -0.05) is 20.8 Å². The Bertz CT molecular complexity index is 412. The highest BCUT2D eigenvalue weighted by Gasteiger charge is 2.13. The first-order valence-electron chi connectivity index (χ1n) is 6.96. The molecule has 0 aliphatic rings. The maximum Gasteiger partial charge on any atom is 0.236 e. The lowest BCUT2D eigenvalue weighted by Gasteiger charge is -2.15. The molecule has 0 saturated heterocycles. The van der Waals surface area contributed by atoms with E-state index in [0.29, 0.717) is 12.5 Å². The molecule has 1 aromatic heterocycles. The van der Waals surface area contributed by atoms with Gasteiger partial charge in [0.15, 0.2) is 0 Å². The van der Waals surface area contributed by atoms with E-state index in [1.807, 2.05) is 24.9 Å². The number of hydrogen-bond donors (Lipinski definition) is 2. The smallest absolute Gasteiger partial charge is 0.236 e. The molecule has 0 fully saturated rings. The third-order valence-corrected chi connectivity index (χ3v) is 3.00. The van der Waals surface area contributed by atoms with Gasteiger partial charge in [-0.2, -0.15) is 5.10 Å². The molecule has 19 heavy (non-hydrogen) atoms. The third-order valence-electron chi connectivity index (χ3n) is 3.00. The summed E-state index contributed by atoms with van der Waals surface area (Å²) >= 11 is 0. The zero-order valence-electron chi connectivity index (χ0n) is 12.7. The number of carbonyl (C=O) groups excluding carboxylic acids is 1. The van der Waals surface area contributed by atoms with Crippen LogP contribution in [0.2, 0.25) is 0 Å². The van der Waals surface area contributed by atoms with Crippen LogP contribution in [-0.2, 0) is 24.8 Å². The zero-order valence-corrected chi connectivity index (χ0v) is 12.7. The molecule has 1 atom stereocenters. The van der Waals surface area contributed by atoms with E-state index in [0.717, 1.165) is 24.2 Å². The minimum absolute atomic E-state index is 0.0515. The highest BCUT2D eigenvalue weighted by molar-refractivity contribution is 5.81. The van der Waals surface area contributed by atoms with Crippen LogP contribution in [0.5, 0.6) is 0 Å². The molecule has 0 saturated carbocycles. The quantitative estimate of drug-likeness (QED) is 0.780. The molecule has 0 radical (unpaired) electrons. The Labute approximate surface area is 115 Å². The Morgan fingerprint density at radius 2 is 2.11 bits per heavy atom. The summed E-state index contributed by atoms with van der Waals surface area (Å²) in [5.74, 6) is 0.525. The fraction of sp³-hybridized carbons (Fsp3) is 0.714. The van der Waals surface area contributed by atoms with E-state index in [4.69, 9.17) is 0 Å². The van der Waals surface area contributed by atoms with E-state index in [9.17, 15) is 4.79 Å². The highest BCUT2D eigenvalue weighted by atomic mass is 16.2. The SMILES string of the molecule is CCc1nn(C)cc1CNC(C)C(=O)NCC(C)C. The molecule has 5 heteroatoms. The van der Waals surface area contributed by atoms with Crippen LogP contribution in [0.25, 0.3) is 0 Å². The van der Waals surface area contributed by atoms with E-state index >= 15 is 0 Å². The Balaban J connectivity index is 2.44. The van der Waals surface area contributed by atoms with Crippen molar-refractivity contribution in [1.29, 1.82) is 0 Å². The summed E-state index contributed by atoms with van der Waals surface area (Å²) in [6.45, 7) is 9.54. The van der Waals surface area contributed by atoms with Crippen molar-refractivity contribution in [3.63, 3.8) is 0 Å². The molecule has 1 unspecified atom stereocenters. The minimum atomic E-state index is -0.191. The second-order valence-corrected chi connectivity index (χ2v) is 5.37. The van der Waals surface area contributed by atoms with Crippen molar-refractivity contribution in [3.05, 3.63) is 17.5 Å². The summed E-state index contributed by atoms with van der Waals surface area (Å²) in [6.07, 6.45) is 2.91. The van der Waals surface area contributed by atoms with Crippen molar-refractivity contribution in [1.82, 2.24) is 20.4 Å². The van der Waals surface area contributed by atoms with Crippen molar-refractivity contribution in [2.75, 3.05) is 6.54 Å². The Morgan fingerprint density at radius 1 is 1.42 bits per heavy atom. The number of nitrogens with zero attached hydrogens (tertiary/aromatic N) is 2. The number of aryl methyl sites for hydroxylation is 2. The van der Waals surface area contributed by atoms with Crippen LogP contribution >= 0.6 is 0 Å².